The van der Waals surface area contributed by atoms with E-state index in [-0.39, 0.29) is 0 Å². The minimum atomic E-state index is -0.411. The Kier molecular flexibility index (Phi) is 3.97. The molecule has 0 aromatic heterocycles. The van der Waals surface area contributed by atoms with Crippen LogP contribution in [0.25, 0.3) is 0 Å². The minimum Gasteiger partial charge on any atom is -0.367 e. The van der Waals surface area contributed by atoms with Gasteiger partial charge in [0.15, 0.2) is 0 Å². The fourth-order valence-electron chi connectivity index (χ4n) is 2.78. The topological polar surface area (TPSA) is 35.8 Å². The maximum atomic E-state index is 9.62. The quantitative estimate of drug-likeness (QED) is 0.868. The Morgan fingerprint density at radius 2 is 1.94 bits per heavy atom. The molecule has 1 aliphatic carbocycles. The SMILES string of the molecule is CC1CCC(C)C(C#N)(Nc2ccc(Br)cc2)C1. The van der Waals surface area contributed by atoms with Crippen LogP contribution < -0.4 is 5.32 Å². The number of hydrogen-bond donors (Lipinski definition) is 1. The van der Waals surface area contributed by atoms with Crippen molar-refractivity contribution >= 4 is 21.6 Å². The Labute approximate surface area is 118 Å². The van der Waals surface area contributed by atoms with Gasteiger partial charge in [-0.1, -0.05) is 36.2 Å². The summed E-state index contributed by atoms with van der Waals surface area (Å²) in [5.41, 5.74) is 0.617. The largest absolute Gasteiger partial charge is 0.367 e. The first-order valence-electron chi connectivity index (χ1n) is 6.51. The summed E-state index contributed by atoms with van der Waals surface area (Å²) in [5.74, 6) is 1.01. The van der Waals surface area contributed by atoms with Crippen molar-refractivity contribution in [3.05, 3.63) is 28.7 Å². The molecule has 96 valence electrons. The molecule has 3 heteroatoms. The van der Waals surface area contributed by atoms with Crippen molar-refractivity contribution in [1.82, 2.24) is 0 Å². The highest BCUT2D eigenvalue weighted by atomic mass is 79.9. The summed E-state index contributed by atoms with van der Waals surface area (Å²) < 4.78 is 1.06. The monoisotopic (exact) mass is 306 g/mol. The summed E-state index contributed by atoms with van der Waals surface area (Å²) in [6.07, 6.45) is 3.28. The van der Waals surface area contributed by atoms with Gasteiger partial charge in [-0.3, -0.25) is 0 Å². The van der Waals surface area contributed by atoms with Crippen LogP contribution in [0.2, 0.25) is 0 Å². The molecule has 1 saturated carbocycles. The highest BCUT2D eigenvalue weighted by molar-refractivity contribution is 9.10. The van der Waals surface area contributed by atoms with E-state index in [1.54, 1.807) is 0 Å². The van der Waals surface area contributed by atoms with Crippen molar-refractivity contribution in [2.45, 2.75) is 38.6 Å². The van der Waals surface area contributed by atoms with Gasteiger partial charge in [0.05, 0.1) is 6.07 Å². The summed E-state index contributed by atoms with van der Waals surface area (Å²) in [6, 6.07) is 10.6. The van der Waals surface area contributed by atoms with E-state index in [1.807, 2.05) is 24.3 Å². The van der Waals surface area contributed by atoms with Gasteiger partial charge >= 0.3 is 0 Å². The van der Waals surface area contributed by atoms with Crippen LogP contribution in [0.5, 0.6) is 0 Å². The molecule has 1 aliphatic rings. The molecule has 1 N–H and O–H groups in total. The van der Waals surface area contributed by atoms with Crippen LogP contribution in [0, 0.1) is 23.2 Å². The Morgan fingerprint density at radius 3 is 2.56 bits per heavy atom. The first kappa shape index (κ1) is 13.4. The van der Waals surface area contributed by atoms with Crippen molar-refractivity contribution in [3.8, 4) is 6.07 Å². The number of nitriles is 1. The second-order valence-electron chi connectivity index (χ2n) is 5.50. The second-order valence-corrected chi connectivity index (χ2v) is 6.42. The van der Waals surface area contributed by atoms with Gasteiger partial charge in [0.2, 0.25) is 0 Å². The van der Waals surface area contributed by atoms with Gasteiger partial charge in [-0.2, -0.15) is 5.26 Å². The van der Waals surface area contributed by atoms with Crippen LogP contribution in [0.15, 0.2) is 28.7 Å². The van der Waals surface area contributed by atoms with E-state index in [2.05, 4.69) is 41.2 Å². The van der Waals surface area contributed by atoms with Gasteiger partial charge < -0.3 is 5.32 Å². The molecule has 2 nitrogen and oxygen atoms in total. The maximum absolute atomic E-state index is 9.62. The van der Waals surface area contributed by atoms with Crippen molar-refractivity contribution in [2.24, 2.45) is 11.8 Å². The summed E-state index contributed by atoms with van der Waals surface area (Å²) in [4.78, 5) is 0. The van der Waals surface area contributed by atoms with E-state index in [9.17, 15) is 5.26 Å². The maximum Gasteiger partial charge on any atom is 0.128 e. The van der Waals surface area contributed by atoms with E-state index >= 15 is 0 Å². The average Bonchev–Trinajstić information content (AvgIpc) is 2.37. The fourth-order valence-corrected chi connectivity index (χ4v) is 3.05. The zero-order valence-corrected chi connectivity index (χ0v) is 12.5. The lowest BCUT2D eigenvalue weighted by Crippen LogP contribution is -2.47. The van der Waals surface area contributed by atoms with Crippen LogP contribution in [0.4, 0.5) is 5.69 Å². The standard InChI is InChI=1S/C15H19BrN2/c1-11-3-4-12(2)15(9-11,10-17)18-14-7-5-13(16)6-8-14/h5-8,11-12,18H,3-4,9H2,1-2H3. The first-order chi connectivity index (χ1) is 8.55. The van der Waals surface area contributed by atoms with Crippen LogP contribution >= 0.6 is 15.9 Å². The van der Waals surface area contributed by atoms with Crippen LogP contribution in [0.1, 0.15) is 33.1 Å². The normalized spacial score (nSPS) is 31.7. The number of halogens is 1. The third-order valence-corrected chi connectivity index (χ3v) is 4.54. The fraction of sp³-hybridized carbons (Fsp3) is 0.533. The summed E-state index contributed by atoms with van der Waals surface area (Å²) in [6.45, 7) is 4.42. The molecule has 1 fully saturated rings. The van der Waals surface area contributed by atoms with Crippen LogP contribution in [-0.2, 0) is 0 Å². The molecule has 0 amide bonds. The van der Waals surface area contributed by atoms with E-state index in [0.717, 1.165) is 23.0 Å². The molecule has 3 atom stereocenters. The van der Waals surface area contributed by atoms with Crippen molar-refractivity contribution < 1.29 is 0 Å². The van der Waals surface area contributed by atoms with Crippen molar-refractivity contribution in [3.63, 3.8) is 0 Å². The third kappa shape index (κ3) is 2.70. The minimum absolute atomic E-state index is 0.391. The molecule has 0 saturated heterocycles. The van der Waals surface area contributed by atoms with Gasteiger partial charge in [-0.15, -0.1) is 0 Å². The van der Waals surface area contributed by atoms with Gasteiger partial charge in [0.1, 0.15) is 5.54 Å². The molecule has 2 rings (SSSR count). The first-order valence-corrected chi connectivity index (χ1v) is 7.30. The molecule has 1 aromatic rings. The lowest BCUT2D eigenvalue weighted by molar-refractivity contribution is 0.229. The van der Waals surface area contributed by atoms with E-state index in [1.165, 1.54) is 6.42 Å². The molecule has 0 heterocycles. The highest BCUT2D eigenvalue weighted by Gasteiger charge is 2.40. The third-order valence-electron chi connectivity index (χ3n) is 4.02. The van der Waals surface area contributed by atoms with Crippen molar-refractivity contribution in [2.75, 3.05) is 5.32 Å². The highest BCUT2D eigenvalue weighted by Crippen LogP contribution is 2.39. The predicted octanol–water partition coefficient (Wildman–Crippen LogP) is 4.58. The molecule has 0 radical (unpaired) electrons. The Hall–Kier alpha value is -1.01. The second kappa shape index (κ2) is 5.32. The average molecular weight is 307 g/mol. The number of rotatable bonds is 2. The summed E-state index contributed by atoms with van der Waals surface area (Å²) >= 11 is 3.43. The Balaban J connectivity index is 2.22. The predicted molar refractivity (Wildman–Crippen MR) is 78.3 cm³/mol. The van der Waals surface area contributed by atoms with E-state index < -0.39 is 5.54 Å². The lowest BCUT2D eigenvalue weighted by atomic mass is 9.70. The van der Waals surface area contributed by atoms with E-state index in [0.29, 0.717) is 11.8 Å². The molecular formula is C15H19BrN2. The Bertz CT molecular complexity index is 449. The van der Waals surface area contributed by atoms with Gasteiger partial charge in [-0.25, -0.2) is 0 Å². The lowest BCUT2D eigenvalue weighted by Gasteiger charge is -2.41. The molecule has 3 unspecified atom stereocenters. The van der Waals surface area contributed by atoms with Crippen LogP contribution in [0.3, 0.4) is 0 Å². The van der Waals surface area contributed by atoms with Gasteiger partial charge in [0.25, 0.3) is 0 Å². The van der Waals surface area contributed by atoms with Gasteiger partial charge in [0, 0.05) is 10.2 Å². The number of nitrogens with one attached hydrogen (secondary N) is 1. The Morgan fingerprint density at radius 1 is 1.28 bits per heavy atom. The molecular weight excluding hydrogens is 288 g/mol. The molecule has 18 heavy (non-hydrogen) atoms. The molecule has 0 aliphatic heterocycles. The zero-order chi connectivity index (χ0) is 13.2. The summed E-state index contributed by atoms with van der Waals surface area (Å²) in [5, 5.41) is 13.1. The number of nitrogens with zero attached hydrogens (tertiary/aromatic N) is 1. The van der Waals surface area contributed by atoms with Gasteiger partial charge in [-0.05, 0) is 48.9 Å². The molecule has 0 spiro atoms. The summed E-state index contributed by atoms with van der Waals surface area (Å²) in [7, 11) is 0. The van der Waals surface area contributed by atoms with Crippen LogP contribution in [-0.4, -0.2) is 5.54 Å². The molecule has 0 bridgehead atoms. The number of anilines is 1. The number of benzene rings is 1. The number of hydrogen-bond acceptors (Lipinski definition) is 2. The zero-order valence-electron chi connectivity index (χ0n) is 10.9. The smallest absolute Gasteiger partial charge is 0.128 e. The van der Waals surface area contributed by atoms with E-state index in [4.69, 9.17) is 0 Å². The van der Waals surface area contributed by atoms with Crippen molar-refractivity contribution in [1.29, 1.82) is 5.26 Å². The molecule has 1 aromatic carbocycles.